The summed E-state index contributed by atoms with van der Waals surface area (Å²) in [5.41, 5.74) is 9.09. The molecule has 1 aromatic carbocycles. The summed E-state index contributed by atoms with van der Waals surface area (Å²) >= 11 is 1.85. The molecule has 0 aromatic heterocycles. The van der Waals surface area contributed by atoms with Crippen LogP contribution < -0.4 is 11.2 Å². The molecular weight excluding hydrogens is 224 g/mol. The lowest BCUT2D eigenvalue weighted by molar-refractivity contribution is -0.125. The summed E-state index contributed by atoms with van der Waals surface area (Å²) in [6, 6.07) is 8.35. The van der Waals surface area contributed by atoms with E-state index in [-0.39, 0.29) is 6.61 Å². The standard InChI is InChI=1S/C11H14N2O2S/c12-11(14)6-15-13-5-8-7-16-10-4-2-1-3-9(8)10/h1-4,8,13H,5-7H2,(H2,12,14). The Morgan fingerprint density at radius 1 is 1.56 bits per heavy atom. The van der Waals surface area contributed by atoms with Crippen molar-refractivity contribution in [1.82, 2.24) is 5.48 Å². The van der Waals surface area contributed by atoms with Crippen LogP contribution in [0.15, 0.2) is 29.2 Å². The lowest BCUT2D eigenvalue weighted by Crippen LogP contribution is -2.28. The number of rotatable bonds is 5. The highest BCUT2D eigenvalue weighted by Gasteiger charge is 2.22. The van der Waals surface area contributed by atoms with E-state index in [1.54, 1.807) is 0 Å². The zero-order valence-electron chi connectivity index (χ0n) is 8.81. The molecule has 0 bridgehead atoms. The number of nitrogens with one attached hydrogen (secondary N) is 1. The van der Waals surface area contributed by atoms with Crippen molar-refractivity contribution in [3.63, 3.8) is 0 Å². The van der Waals surface area contributed by atoms with E-state index in [4.69, 9.17) is 10.6 Å². The Labute approximate surface area is 98.5 Å². The van der Waals surface area contributed by atoms with E-state index in [9.17, 15) is 4.79 Å². The number of nitrogens with two attached hydrogens (primary N) is 1. The van der Waals surface area contributed by atoms with Crippen molar-refractivity contribution in [2.45, 2.75) is 10.8 Å². The third-order valence-electron chi connectivity index (χ3n) is 2.45. The first-order chi connectivity index (χ1) is 7.77. The number of hydrogen-bond donors (Lipinski definition) is 2. The smallest absolute Gasteiger partial charge is 0.245 e. The van der Waals surface area contributed by atoms with Gasteiger partial charge in [0, 0.05) is 23.1 Å². The fourth-order valence-corrected chi connectivity index (χ4v) is 2.93. The number of carbonyl (C=O) groups excluding carboxylic acids is 1. The van der Waals surface area contributed by atoms with Crippen LogP contribution in [0.3, 0.4) is 0 Å². The Morgan fingerprint density at radius 3 is 3.19 bits per heavy atom. The van der Waals surface area contributed by atoms with Crippen LogP contribution in [-0.2, 0) is 9.63 Å². The normalized spacial score (nSPS) is 18.4. The second-order valence-corrected chi connectivity index (χ2v) is 4.71. The van der Waals surface area contributed by atoms with Crippen LogP contribution in [0.1, 0.15) is 11.5 Å². The zero-order chi connectivity index (χ0) is 11.4. The molecule has 0 spiro atoms. The molecule has 1 aliphatic heterocycles. The molecule has 1 aromatic rings. The number of carbonyl (C=O) groups is 1. The van der Waals surface area contributed by atoms with E-state index >= 15 is 0 Å². The summed E-state index contributed by atoms with van der Waals surface area (Å²) in [6.07, 6.45) is 0. The molecule has 0 saturated carbocycles. The second-order valence-electron chi connectivity index (χ2n) is 3.65. The van der Waals surface area contributed by atoms with Gasteiger partial charge in [-0.25, -0.2) is 5.48 Å². The average Bonchev–Trinajstić information content (AvgIpc) is 2.68. The predicted octanol–water partition coefficient (Wildman–Crippen LogP) is 0.882. The monoisotopic (exact) mass is 238 g/mol. The average molecular weight is 238 g/mol. The van der Waals surface area contributed by atoms with Crippen LogP contribution in [0.25, 0.3) is 0 Å². The summed E-state index contributed by atoms with van der Waals surface area (Å²) in [6.45, 7) is 0.624. The molecule has 0 fully saturated rings. The number of primary amides is 1. The summed E-state index contributed by atoms with van der Waals surface area (Å²) in [5, 5.41) is 0. The second kappa shape index (κ2) is 5.34. The molecule has 0 aliphatic carbocycles. The molecule has 16 heavy (non-hydrogen) atoms. The van der Waals surface area contributed by atoms with E-state index in [0.29, 0.717) is 12.5 Å². The van der Waals surface area contributed by atoms with Gasteiger partial charge in [-0.2, -0.15) is 0 Å². The molecule has 1 unspecified atom stereocenters. The minimum absolute atomic E-state index is 0.0818. The fraction of sp³-hybridized carbons (Fsp3) is 0.364. The number of amides is 1. The van der Waals surface area contributed by atoms with Gasteiger partial charge in [-0.3, -0.25) is 9.63 Å². The van der Waals surface area contributed by atoms with E-state index in [1.807, 2.05) is 23.9 Å². The molecule has 2 rings (SSSR count). The van der Waals surface area contributed by atoms with Crippen molar-refractivity contribution in [2.24, 2.45) is 5.73 Å². The van der Waals surface area contributed by atoms with Gasteiger partial charge in [0.05, 0.1) is 0 Å². The molecule has 1 heterocycles. The Hall–Kier alpha value is -1.04. The summed E-state index contributed by atoms with van der Waals surface area (Å²) in [4.78, 5) is 16.7. The van der Waals surface area contributed by atoms with Gasteiger partial charge in [0.15, 0.2) is 0 Å². The third-order valence-corrected chi connectivity index (χ3v) is 3.70. The maximum absolute atomic E-state index is 10.4. The van der Waals surface area contributed by atoms with Crippen molar-refractivity contribution in [2.75, 3.05) is 18.9 Å². The van der Waals surface area contributed by atoms with E-state index in [2.05, 4.69) is 17.6 Å². The topological polar surface area (TPSA) is 64.4 Å². The molecule has 1 amide bonds. The highest BCUT2D eigenvalue weighted by atomic mass is 32.2. The maximum atomic E-state index is 10.4. The molecule has 4 nitrogen and oxygen atoms in total. The molecule has 3 N–H and O–H groups in total. The van der Waals surface area contributed by atoms with Gasteiger partial charge in [0.2, 0.25) is 5.91 Å². The predicted molar refractivity (Wildman–Crippen MR) is 63.1 cm³/mol. The number of hydrogen-bond acceptors (Lipinski definition) is 4. The molecule has 5 heteroatoms. The highest BCUT2D eigenvalue weighted by Crippen LogP contribution is 2.38. The first-order valence-corrected chi connectivity index (χ1v) is 6.10. The lowest BCUT2D eigenvalue weighted by atomic mass is 10.0. The number of thioether (sulfide) groups is 1. The van der Waals surface area contributed by atoms with Crippen molar-refractivity contribution < 1.29 is 9.63 Å². The van der Waals surface area contributed by atoms with Crippen LogP contribution in [0.2, 0.25) is 0 Å². The van der Waals surface area contributed by atoms with Gasteiger partial charge >= 0.3 is 0 Å². The number of hydroxylamine groups is 1. The Morgan fingerprint density at radius 2 is 2.38 bits per heavy atom. The zero-order valence-corrected chi connectivity index (χ0v) is 9.63. The molecule has 86 valence electrons. The fourth-order valence-electron chi connectivity index (χ4n) is 1.68. The van der Waals surface area contributed by atoms with Crippen molar-refractivity contribution in [1.29, 1.82) is 0 Å². The van der Waals surface area contributed by atoms with Crippen LogP contribution in [-0.4, -0.2) is 24.8 Å². The number of fused-ring (bicyclic) bond motifs is 1. The maximum Gasteiger partial charge on any atom is 0.245 e. The van der Waals surface area contributed by atoms with Gasteiger partial charge < -0.3 is 5.73 Å². The Bertz CT molecular complexity index is 384. The van der Waals surface area contributed by atoms with Crippen LogP contribution >= 0.6 is 11.8 Å². The minimum atomic E-state index is -0.464. The molecular formula is C11H14N2O2S. The first-order valence-electron chi connectivity index (χ1n) is 5.12. The van der Waals surface area contributed by atoms with Gasteiger partial charge in [0.25, 0.3) is 0 Å². The Kier molecular flexibility index (Phi) is 3.82. The van der Waals surface area contributed by atoms with E-state index in [1.165, 1.54) is 10.5 Å². The molecule has 0 saturated heterocycles. The Balaban J connectivity index is 1.82. The molecule has 1 atom stereocenters. The van der Waals surface area contributed by atoms with E-state index in [0.717, 1.165) is 5.75 Å². The summed E-state index contributed by atoms with van der Waals surface area (Å²) < 4.78 is 0. The van der Waals surface area contributed by atoms with Crippen molar-refractivity contribution >= 4 is 17.7 Å². The largest absolute Gasteiger partial charge is 0.368 e. The molecule has 0 radical (unpaired) electrons. The molecule has 1 aliphatic rings. The summed E-state index contributed by atoms with van der Waals surface area (Å²) in [7, 11) is 0. The van der Waals surface area contributed by atoms with Crippen molar-refractivity contribution in [3.8, 4) is 0 Å². The summed E-state index contributed by atoms with van der Waals surface area (Å²) in [5.74, 6) is 1.02. The van der Waals surface area contributed by atoms with Crippen LogP contribution in [0.4, 0.5) is 0 Å². The minimum Gasteiger partial charge on any atom is -0.368 e. The lowest BCUT2D eigenvalue weighted by Gasteiger charge is -2.11. The van der Waals surface area contributed by atoms with Gasteiger partial charge in [-0.05, 0) is 11.6 Å². The SMILES string of the molecule is NC(=O)CONCC1CSc2ccccc21. The highest BCUT2D eigenvalue weighted by molar-refractivity contribution is 7.99. The van der Waals surface area contributed by atoms with Crippen LogP contribution in [0, 0.1) is 0 Å². The first kappa shape index (κ1) is 11.4. The number of benzene rings is 1. The van der Waals surface area contributed by atoms with E-state index < -0.39 is 5.91 Å². The quantitative estimate of drug-likeness (QED) is 0.590. The van der Waals surface area contributed by atoms with Crippen molar-refractivity contribution in [3.05, 3.63) is 29.8 Å². The van der Waals surface area contributed by atoms with Gasteiger partial charge in [-0.15, -0.1) is 11.8 Å². The van der Waals surface area contributed by atoms with Gasteiger partial charge in [-0.1, -0.05) is 18.2 Å². The van der Waals surface area contributed by atoms with Crippen LogP contribution in [0.5, 0.6) is 0 Å². The van der Waals surface area contributed by atoms with Gasteiger partial charge in [0.1, 0.15) is 6.61 Å². The third kappa shape index (κ3) is 2.75.